The lowest BCUT2D eigenvalue weighted by Crippen LogP contribution is -2.44. The molecule has 1 rings (SSSR count). The van der Waals surface area contributed by atoms with Crippen LogP contribution in [0.3, 0.4) is 0 Å². The first-order valence-electron chi connectivity index (χ1n) is 6.96. The Kier molecular flexibility index (Phi) is 5.77. The van der Waals surface area contributed by atoms with Crippen molar-refractivity contribution in [1.29, 1.82) is 0 Å². The minimum Gasteiger partial charge on any atom is -0.314 e. The Morgan fingerprint density at radius 2 is 1.94 bits per heavy atom. The molecule has 1 N–H and O–H groups in total. The Hall–Kier alpha value is -0.0800. The second kappa shape index (κ2) is 6.61. The average Bonchev–Trinajstić information content (AvgIpc) is 2.19. The van der Waals surface area contributed by atoms with Gasteiger partial charge in [0.2, 0.25) is 0 Å². The number of likely N-dealkylation sites (tertiary alicyclic amines) is 1. The van der Waals surface area contributed by atoms with Gasteiger partial charge in [-0.2, -0.15) is 0 Å². The van der Waals surface area contributed by atoms with Crippen LogP contribution in [-0.4, -0.2) is 36.6 Å². The third-order valence-corrected chi connectivity index (χ3v) is 3.70. The van der Waals surface area contributed by atoms with Crippen LogP contribution in [0, 0.1) is 11.8 Å². The minimum atomic E-state index is 0.612. The number of rotatable bonds is 5. The summed E-state index contributed by atoms with van der Waals surface area (Å²) in [6.07, 6.45) is 2.76. The minimum absolute atomic E-state index is 0.612. The third-order valence-electron chi connectivity index (χ3n) is 3.70. The first-order valence-corrected chi connectivity index (χ1v) is 6.96. The molecular weight excluding hydrogens is 196 g/mol. The SMILES string of the molecule is CC1CCN(CC(C)CNC(C)C)C(C)C1. The fourth-order valence-corrected chi connectivity index (χ4v) is 2.63. The van der Waals surface area contributed by atoms with E-state index in [1.54, 1.807) is 0 Å². The van der Waals surface area contributed by atoms with Crippen LogP contribution in [0.4, 0.5) is 0 Å². The van der Waals surface area contributed by atoms with Crippen molar-refractivity contribution in [3.8, 4) is 0 Å². The van der Waals surface area contributed by atoms with Crippen LogP contribution in [0.1, 0.15) is 47.5 Å². The molecule has 3 atom stereocenters. The Bertz CT molecular complexity index is 191. The van der Waals surface area contributed by atoms with Gasteiger partial charge in [0.1, 0.15) is 0 Å². The summed E-state index contributed by atoms with van der Waals surface area (Å²) in [5, 5.41) is 3.53. The van der Waals surface area contributed by atoms with E-state index in [-0.39, 0.29) is 0 Å². The number of hydrogen-bond donors (Lipinski definition) is 1. The summed E-state index contributed by atoms with van der Waals surface area (Å²) in [5.41, 5.74) is 0. The Morgan fingerprint density at radius 3 is 2.50 bits per heavy atom. The van der Waals surface area contributed by atoms with Gasteiger partial charge >= 0.3 is 0 Å². The van der Waals surface area contributed by atoms with Gasteiger partial charge in [0.25, 0.3) is 0 Å². The van der Waals surface area contributed by atoms with Crippen LogP contribution in [0.5, 0.6) is 0 Å². The summed E-state index contributed by atoms with van der Waals surface area (Å²) in [7, 11) is 0. The molecule has 1 heterocycles. The highest BCUT2D eigenvalue weighted by Crippen LogP contribution is 2.22. The smallest absolute Gasteiger partial charge is 0.00695 e. The number of piperidine rings is 1. The van der Waals surface area contributed by atoms with Gasteiger partial charge < -0.3 is 10.2 Å². The van der Waals surface area contributed by atoms with Crippen LogP contribution in [-0.2, 0) is 0 Å². The van der Waals surface area contributed by atoms with Crippen molar-refractivity contribution in [3.05, 3.63) is 0 Å². The van der Waals surface area contributed by atoms with E-state index < -0.39 is 0 Å². The third kappa shape index (κ3) is 4.84. The predicted octanol–water partition coefficient (Wildman–Crippen LogP) is 2.74. The molecule has 16 heavy (non-hydrogen) atoms. The average molecular weight is 226 g/mol. The molecule has 0 aromatic rings. The highest BCUT2D eigenvalue weighted by Gasteiger charge is 2.23. The fraction of sp³-hybridized carbons (Fsp3) is 1.00. The second-order valence-corrected chi connectivity index (χ2v) is 6.14. The highest BCUT2D eigenvalue weighted by molar-refractivity contribution is 4.78. The van der Waals surface area contributed by atoms with E-state index in [1.807, 2.05) is 0 Å². The summed E-state index contributed by atoms with van der Waals surface area (Å²) in [5.74, 6) is 1.69. The van der Waals surface area contributed by atoms with Crippen LogP contribution >= 0.6 is 0 Å². The largest absolute Gasteiger partial charge is 0.314 e. The zero-order valence-electron chi connectivity index (χ0n) is 11.8. The monoisotopic (exact) mass is 226 g/mol. The van der Waals surface area contributed by atoms with Crippen molar-refractivity contribution in [2.24, 2.45) is 11.8 Å². The molecule has 1 saturated heterocycles. The molecule has 0 radical (unpaired) electrons. The zero-order chi connectivity index (χ0) is 12.1. The van der Waals surface area contributed by atoms with Gasteiger partial charge in [-0.15, -0.1) is 0 Å². The maximum absolute atomic E-state index is 3.53. The van der Waals surface area contributed by atoms with Crippen LogP contribution in [0.2, 0.25) is 0 Å². The molecule has 0 aliphatic carbocycles. The van der Waals surface area contributed by atoms with Crippen molar-refractivity contribution in [2.75, 3.05) is 19.6 Å². The molecule has 0 bridgehead atoms. The molecule has 0 aromatic heterocycles. The molecule has 2 nitrogen and oxygen atoms in total. The summed E-state index contributed by atoms with van der Waals surface area (Å²) in [6.45, 7) is 15.3. The molecule has 0 amide bonds. The lowest BCUT2D eigenvalue weighted by atomic mass is 9.92. The maximum Gasteiger partial charge on any atom is 0.00695 e. The predicted molar refractivity (Wildman–Crippen MR) is 71.7 cm³/mol. The Morgan fingerprint density at radius 1 is 1.25 bits per heavy atom. The maximum atomic E-state index is 3.53. The number of nitrogens with one attached hydrogen (secondary N) is 1. The number of nitrogens with zero attached hydrogens (tertiary/aromatic N) is 1. The van der Waals surface area contributed by atoms with Crippen molar-refractivity contribution >= 4 is 0 Å². The molecule has 2 heteroatoms. The quantitative estimate of drug-likeness (QED) is 0.775. The van der Waals surface area contributed by atoms with Gasteiger partial charge in [0.05, 0.1) is 0 Å². The second-order valence-electron chi connectivity index (χ2n) is 6.14. The standard InChI is InChI=1S/C14H30N2/c1-11(2)15-9-13(4)10-16-7-6-12(3)8-14(16)5/h11-15H,6-10H2,1-5H3. The number of hydrogen-bond acceptors (Lipinski definition) is 2. The molecule has 0 spiro atoms. The van der Waals surface area contributed by atoms with Crippen LogP contribution < -0.4 is 5.32 Å². The highest BCUT2D eigenvalue weighted by atomic mass is 15.2. The fourth-order valence-electron chi connectivity index (χ4n) is 2.63. The molecule has 3 unspecified atom stereocenters. The van der Waals surface area contributed by atoms with E-state index in [4.69, 9.17) is 0 Å². The summed E-state index contributed by atoms with van der Waals surface area (Å²) in [6, 6.07) is 1.39. The van der Waals surface area contributed by atoms with Gasteiger partial charge in [-0.1, -0.05) is 27.7 Å². The molecule has 0 aromatic carbocycles. The molecule has 1 fully saturated rings. The van der Waals surface area contributed by atoms with Crippen LogP contribution in [0.25, 0.3) is 0 Å². The van der Waals surface area contributed by atoms with Gasteiger partial charge in [-0.3, -0.25) is 0 Å². The van der Waals surface area contributed by atoms with E-state index in [1.165, 1.54) is 25.9 Å². The summed E-state index contributed by atoms with van der Waals surface area (Å²) < 4.78 is 0. The first-order chi connectivity index (χ1) is 7.49. The Labute approximate surface area is 102 Å². The molecular formula is C14H30N2. The lowest BCUT2D eigenvalue weighted by Gasteiger charge is -2.38. The van der Waals surface area contributed by atoms with E-state index in [2.05, 4.69) is 44.8 Å². The van der Waals surface area contributed by atoms with E-state index in [0.29, 0.717) is 6.04 Å². The van der Waals surface area contributed by atoms with Crippen molar-refractivity contribution in [3.63, 3.8) is 0 Å². The summed E-state index contributed by atoms with van der Waals surface area (Å²) in [4.78, 5) is 2.67. The van der Waals surface area contributed by atoms with Crippen molar-refractivity contribution < 1.29 is 0 Å². The van der Waals surface area contributed by atoms with E-state index in [9.17, 15) is 0 Å². The van der Waals surface area contributed by atoms with Crippen molar-refractivity contribution in [2.45, 2.75) is 59.5 Å². The lowest BCUT2D eigenvalue weighted by molar-refractivity contribution is 0.112. The van der Waals surface area contributed by atoms with Gasteiger partial charge in [-0.25, -0.2) is 0 Å². The summed E-state index contributed by atoms with van der Waals surface area (Å²) >= 11 is 0. The van der Waals surface area contributed by atoms with Gasteiger partial charge in [0.15, 0.2) is 0 Å². The zero-order valence-corrected chi connectivity index (χ0v) is 11.8. The van der Waals surface area contributed by atoms with E-state index in [0.717, 1.165) is 24.4 Å². The first kappa shape index (κ1) is 14.0. The van der Waals surface area contributed by atoms with Gasteiger partial charge in [-0.05, 0) is 44.7 Å². The van der Waals surface area contributed by atoms with E-state index >= 15 is 0 Å². The van der Waals surface area contributed by atoms with Crippen LogP contribution in [0.15, 0.2) is 0 Å². The molecule has 0 saturated carbocycles. The molecule has 1 aliphatic rings. The Balaban J connectivity index is 2.25. The van der Waals surface area contributed by atoms with Crippen molar-refractivity contribution in [1.82, 2.24) is 10.2 Å². The van der Waals surface area contributed by atoms with Gasteiger partial charge in [0, 0.05) is 18.6 Å². The molecule has 96 valence electrons. The molecule has 1 aliphatic heterocycles. The topological polar surface area (TPSA) is 15.3 Å². The normalized spacial score (nSPS) is 29.6.